The first-order valence-corrected chi connectivity index (χ1v) is 10.9. The second-order valence-corrected chi connectivity index (χ2v) is 7.89. The summed E-state index contributed by atoms with van der Waals surface area (Å²) in [5.74, 6) is 3.25. The van der Waals surface area contributed by atoms with Gasteiger partial charge in [0.25, 0.3) is 0 Å². The third-order valence-corrected chi connectivity index (χ3v) is 5.35. The summed E-state index contributed by atoms with van der Waals surface area (Å²) in [5, 5.41) is 9.02. The zero-order chi connectivity index (χ0) is 23.9. The molecule has 8 heteroatoms. The number of methoxy groups -OCH3 is 1. The van der Waals surface area contributed by atoms with Crippen LogP contribution < -0.4 is 23.7 Å². The Labute approximate surface area is 198 Å². The van der Waals surface area contributed by atoms with Gasteiger partial charge >= 0.3 is 5.97 Å². The van der Waals surface area contributed by atoms with Crippen molar-refractivity contribution >= 4 is 5.97 Å². The van der Waals surface area contributed by atoms with Crippen molar-refractivity contribution in [2.24, 2.45) is 0 Å². The number of carboxylic acid groups (broad SMARTS) is 1. The highest BCUT2D eigenvalue weighted by atomic mass is 16.7. The van der Waals surface area contributed by atoms with Crippen LogP contribution in [0, 0.1) is 0 Å². The lowest BCUT2D eigenvalue weighted by atomic mass is 10.1. The smallest absolute Gasteiger partial charge is 0.317 e. The summed E-state index contributed by atoms with van der Waals surface area (Å²) >= 11 is 0. The average Bonchev–Trinajstić information content (AvgIpc) is 3.30. The van der Waals surface area contributed by atoms with E-state index < -0.39 is 5.97 Å². The Morgan fingerprint density at radius 1 is 0.941 bits per heavy atom. The number of carbonyl (C=O) groups is 1. The van der Waals surface area contributed by atoms with Crippen molar-refractivity contribution < 1.29 is 33.6 Å². The fourth-order valence-electron chi connectivity index (χ4n) is 3.59. The number of rotatable bonds is 11. The lowest BCUT2D eigenvalue weighted by Crippen LogP contribution is -2.28. The van der Waals surface area contributed by atoms with E-state index in [0.29, 0.717) is 41.7 Å². The Morgan fingerprint density at radius 2 is 1.59 bits per heavy atom. The van der Waals surface area contributed by atoms with Crippen LogP contribution >= 0.6 is 0 Å². The number of hydrogen-bond acceptors (Lipinski definition) is 7. The van der Waals surface area contributed by atoms with Crippen molar-refractivity contribution in [2.75, 3.05) is 34.0 Å². The minimum Gasteiger partial charge on any atom is -0.497 e. The van der Waals surface area contributed by atoms with Crippen LogP contribution in [0.4, 0.5) is 0 Å². The SMILES string of the molecule is COc1ccc(C(CCN(C)CC(=O)O)Oc2ccc(Oc3ccc4c(c3)OCO4)cc2)cc1. The van der Waals surface area contributed by atoms with E-state index in [0.717, 1.165) is 11.3 Å². The zero-order valence-corrected chi connectivity index (χ0v) is 19.1. The summed E-state index contributed by atoms with van der Waals surface area (Å²) in [4.78, 5) is 12.7. The Balaban J connectivity index is 1.43. The maximum Gasteiger partial charge on any atom is 0.317 e. The molecule has 0 radical (unpaired) electrons. The molecule has 1 unspecified atom stereocenters. The van der Waals surface area contributed by atoms with Crippen LogP contribution in [0.2, 0.25) is 0 Å². The number of ether oxygens (including phenoxy) is 5. The molecule has 0 fully saturated rings. The molecule has 0 bridgehead atoms. The molecule has 0 spiro atoms. The summed E-state index contributed by atoms with van der Waals surface area (Å²) in [6.45, 7) is 0.752. The molecule has 1 atom stereocenters. The normalized spacial score (nSPS) is 12.9. The van der Waals surface area contributed by atoms with Crippen LogP contribution in [0.15, 0.2) is 66.7 Å². The van der Waals surface area contributed by atoms with E-state index in [1.165, 1.54) is 0 Å². The van der Waals surface area contributed by atoms with Gasteiger partial charge in [0, 0.05) is 19.0 Å². The van der Waals surface area contributed by atoms with E-state index >= 15 is 0 Å². The number of fused-ring (bicyclic) bond motifs is 1. The highest BCUT2D eigenvalue weighted by Crippen LogP contribution is 2.37. The molecule has 3 aromatic rings. The minimum atomic E-state index is -0.859. The van der Waals surface area contributed by atoms with Crippen molar-refractivity contribution in [3.8, 4) is 34.5 Å². The van der Waals surface area contributed by atoms with E-state index in [-0.39, 0.29) is 19.4 Å². The van der Waals surface area contributed by atoms with E-state index in [4.69, 9.17) is 28.8 Å². The monoisotopic (exact) mass is 465 g/mol. The van der Waals surface area contributed by atoms with Crippen LogP contribution in [-0.2, 0) is 4.79 Å². The van der Waals surface area contributed by atoms with E-state index in [2.05, 4.69) is 0 Å². The summed E-state index contributed by atoms with van der Waals surface area (Å²) < 4.78 is 28.2. The van der Waals surface area contributed by atoms with Crippen molar-refractivity contribution in [1.29, 1.82) is 0 Å². The van der Waals surface area contributed by atoms with Crippen LogP contribution in [-0.4, -0.2) is 50.0 Å². The second-order valence-electron chi connectivity index (χ2n) is 7.89. The van der Waals surface area contributed by atoms with Crippen LogP contribution in [0.25, 0.3) is 0 Å². The fraction of sp³-hybridized carbons (Fsp3) is 0.269. The Morgan fingerprint density at radius 3 is 2.29 bits per heavy atom. The molecule has 178 valence electrons. The van der Waals surface area contributed by atoms with Crippen molar-refractivity contribution in [1.82, 2.24) is 4.90 Å². The Hall–Kier alpha value is -3.91. The summed E-state index contributed by atoms with van der Waals surface area (Å²) in [7, 11) is 3.40. The number of benzene rings is 3. The molecule has 0 aromatic heterocycles. The third-order valence-electron chi connectivity index (χ3n) is 5.35. The van der Waals surface area contributed by atoms with Gasteiger partial charge in [0.15, 0.2) is 11.5 Å². The lowest BCUT2D eigenvalue weighted by Gasteiger charge is -2.23. The van der Waals surface area contributed by atoms with Gasteiger partial charge < -0.3 is 28.8 Å². The molecular formula is C26H27NO7. The molecule has 0 saturated heterocycles. The molecule has 1 heterocycles. The molecule has 1 aliphatic heterocycles. The third kappa shape index (κ3) is 6.11. The molecule has 8 nitrogen and oxygen atoms in total. The van der Waals surface area contributed by atoms with Crippen LogP contribution in [0.3, 0.4) is 0 Å². The maximum atomic E-state index is 11.0. The van der Waals surface area contributed by atoms with Crippen LogP contribution in [0.5, 0.6) is 34.5 Å². The number of nitrogens with zero attached hydrogens (tertiary/aromatic N) is 1. The summed E-state index contributed by atoms with van der Waals surface area (Å²) in [6.07, 6.45) is 0.355. The van der Waals surface area contributed by atoms with Crippen molar-refractivity contribution in [2.45, 2.75) is 12.5 Å². The molecule has 0 aliphatic carbocycles. The van der Waals surface area contributed by atoms with Gasteiger partial charge in [-0.3, -0.25) is 9.69 Å². The first kappa shape index (κ1) is 23.3. The van der Waals surface area contributed by atoms with Gasteiger partial charge in [-0.15, -0.1) is 0 Å². The minimum absolute atomic E-state index is 0.0266. The predicted octanol–water partition coefficient (Wildman–Crippen LogP) is 4.74. The van der Waals surface area contributed by atoms with Crippen molar-refractivity contribution in [3.05, 3.63) is 72.3 Å². The van der Waals surface area contributed by atoms with Gasteiger partial charge in [0.05, 0.1) is 13.7 Å². The molecule has 3 aromatic carbocycles. The fourth-order valence-corrected chi connectivity index (χ4v) is 3.59. The summed E-state index contributed by atoms with van der Waals surface area (Å²) in [5.41, 5.74) is 0.977. The standard InChI is InChI=1S/C26H27NO7/c1-27(16-26(28)29)14-13-23(18-3-5-19(30-2)6-4-18)34-21-9-7-20(8-10-21)33-22-11-12-24-25(15-22)32-17-31-24/h3-12,15,23H,13-14,16-17H2,1-2H3,(H,28,29). The Kier molecular flexibility index (Phi) is 7.39. The Bertz CT molecular complexity index is 1100. The van der Waals surface area contributed by atoms with Crippen LogP contribution in [0.1, 0.15) is 18.1 Å². The average molecular weight is 466 g/mol. The zero-order valence-electron chi connectivity index (χ0n) is 19.1. The van der Waals surface area contributed by atoms with Gasteiger partial charge in [0.2, 0.25) is 6.79 Å². The maximum absolute atomic E-state index is 11.0. The number of hydrogen-bond donors (Lipinski definition) is 1. The van der Waals surface area contributed by atoms with Gasteiger partial charge in [-0.25, -0.2) is 0 Å². The topological polar surface area (TPSA) is 86.7 Å². The van der Waals surface area contributed by atoms with E-state index in [9.17, 15) is 4.79 Å². The molecule has 4 rings (SSSR count). The first-order valence-electron chi connectivity index (χ1n) is 10.9. The molecule has 1 N–H and O–H groups in total. The largest absolute Gasteiger partial charge is 0.497 e. The second kappa shape index (κ2) is 10.8. The lowest BCUT2D eigenvalue weighted by molar-refractivity contribution is -0.138. The number of likely N-dealkylation sites (N-methyl/N-ethyl adjacent to an activating group) is 1. The van der Waals surface area contributed by atoms with Gasteiger partial charge in [-0.2, -0.15) is 0 Å². The number of carboxylic acids is 1. The van der Waals surface area contributed by atoms with E-state index in [1.54, 1.807) is 25.1 Å². The van der Waals surface area contributed by atoms with Crippen molar-refractivity contribution in [3.63, 3.8) is 0 Å². The molecule has 1 aliphatic rings. The van der Waals surface area contributed by atoms with Gasteiger partial charge in [0.1, 0.15) is 29.1 Å². The summed E-state index contributed by atoms with van der Waals surface area (Å²) in [6, 6.07) is 20.5. The predicted molar refractivity (Wildman–Crippen MR) is 125 cm³/mol. The molecule has 0 saturated carbocycles. The highest BCUT2D eigenvalue weighted by molar-refractivity contribution is 5.69. The quantitative estimate of drug-likeness (QED) is 0.435. The first-order chi connectivity index (χ1) is 16.5. The molecule has 34 heavy (non-hydrogen) atoms. The molecule has 0 amide bonds. The number of aliphatic carboxylic acids is 1. The highest BCUT2D eigenvalue weighted by Gasteiger charge is 2.17. The van der Waals surface area contributed by atoms with Gasteiger partial charge in [-0.1, -0.05) is 12.1 Å². The molecular weight excluding hydrogens is 438 g/mol. The van der Waals surface area contributed by atoms with E-state index in [1.807, 2.05) is 60.7 Å². The van der Waals surface area contributed by atoms with Gasteiger partial charge in [-0.05, 0) is 61.1 Å².